The van der Waals surface area contributed by atoms with Gasteiger partial charge >= 0.3 is 0 Å². The van der Waals surface area contributed by atoms with Gasteiger partial charge in [0.05, 0.1) is 12.7 Å². The molecule has 0 bridgehead atoms. The summed E-state index contributed by atoms with van der Waals surface area (Å²) in [5, 5.41) is 0. The molecule has 102 valence electrons. The van der Waals surface area contributed by atoms with Crippen molar-refractivity contribution >= 4 is 0 Å². The van der Waals surface area contributed by atoms with Crippen molar-refractivity contribution in [2.45, 2.75) is 84.7 Å². The van der Waals surface area contributed by atoms with E-state index in [9.17, 15) is 0 Å². The van der Waals surface area contributed by atoms with E-state index in [0.29, 0.717) is 6.10 Å². The summed E-state index contributed by atoms with van der Waals surface area (Å²) >= 11 is 0. The summed E-state index contributed by atoms with van der Waals surface area (Å²) < 4.78 is 6.07. The summed E-state index contributed by atoms with van der Waals surface area (Å²) in [7, 11) is 0. The van der Waals surface area contributed by atoms with Crippen molar-refractivity contribution < 1.29 is 4.74 Å². The number of unbranched alkanes of at least 4 members (excludes halogenated alkanes) is 3. The van der Waals surface area contributed by atoms with Crippen molar-refractivity contribution in [1.29, 1.82) is 0 Å². The molecule has 0 saturated carbocycles. The maximum Gasteiger partial charge on any atom is 0.0606 e. The highest BCUT2D eigenvalue weighted by Crippen LogP contribution is 2.36. The van der Waals surface area contributed by atoms with Gasteiger partial charge in [-0.05, 0) is 31.1 Å². The second-order valence-corrected chi connectivity index (χ2v) is 5.72. The van der Waals surface area contributed by atoms with Crippen LogP contribution in [0.2, 0.25) is 0 Å². The maximum atomic E-state index is 6.07. The average Bonchev–Trinajstić information content (AvgIpc) is 2.73. The Hall–Kier alpha value is -0.0400. The highest BCUT2D eigenvalue weighted by Gasteiger charge is 2.35. The predicted molar refractivity (Wildman–Crippen MR) is 75.3 cm³/mol. The normalized spacial score (nSPS) is 28.8. The van der Waals surface area contributed by atoms with Gasteiger partial charge in [0, 0.05) is 0 Å². The Bertz CT molecular complexity index is 162. The van der Waals surface area contributed by atoms with Crippen LogP contribution in [0, 0.1) is 11.8 Å². The lowest BCUT2D eigenvalue weighted by Gasteiger charge is -2.22. The third kappa shape index (κ3) is 4.99. The van der Waals surface area contributed by atoms with Crippen LogP contribution in [0.4, 0.5) is 0 Å². The molecule has 1 rings (SSSR count). The zero-order chi connectivity index (χ0) is 12.5. The summed E-state index contributed by atoms with van der Waals surface area (Å²) in [6.07, 6.45) is 12.8. The van der Waals surface area contributed by atoms with Crippen LogP contribution in [0.3, 0.4) is 0 Å². The van der Waals surface area contributed by atoms with E-state index in [2.05, 4.69) is 20.8 Å². The Balaban J connectivity index is 2.41. The van der Waals surface area contributed by atoms with E-state index in [4.69, 9.17) is 4.74 Å². The average molecular weight is 240 g/mol. The lowest BCUT2D eigenvalue weighted by atomic mass is 9.82. The van der Waals surface area contributed by atoms with Crippen LogP contribution >= 0.6 is 0 Å². The minimum Gasteiger partial charge on any atom is -0.378 e. The number of hydrogen-bond acceptors (Lipinski definition) is 1. The molecule has 1 aliphatic rings. The fraction of sp³-hybridized carbons (Fsp3) is 1.00. The van der Waals surface area contributed by atoms with Crippen LogP contribution in [0.15, 0.2) is 0 Å². The summed E-state index contributed by atoms with van der Waals surface area (Å²) in [5.74, 6) is 1.73. The van der Waals surface area contributed by atoms with E-state index in [-0.39, 0.29) is 0 Å². The second kappa shape index (κ2) is 8.97. The molecule has 0 spiro atoms. The van der Waals surface area contributed by atoms with Gasteiger partial charge in [-0.15, -0.1) is 0 Å². The quantitative estimate of drug-likeness (QED) is 0.539. The molecule has 17 heavy (non-hydrogen) atoms. The standard InChI is InChI=1S/C16H32O/c1-4-7-10-14-13-17-16(12-9-6-3)15(14)11-8-5-2/h14-16H,4-13H2,1-3H3. The summed E-state index contributed by atoms with van der Waals surface area (Å²) in [6.45, 7) is 7.93. The molecule has 1 heteroatoms. The molecule has 0 aromatic rings. The van der Waals surface area contributed by atoms with Crippen LogP contribution in [0.25, 0.3) is 0 Å². The minimum absolute atomic E-state index is 0.586. The SMILES string of the molecule is CCCCC1COC(CCCC)C1CCCC. The van der Waals surface area contributed by atoms with Crippen LogP contribution in [-0.2, 0) is 4.74 Å². The zero-order valence-electron chi connectivity index (χ0n) is 12.2. The van der Waals surface area contributed by atoms with Crippen molar-refractivity contribution in [2.75, 3.05) is 6.61 Å². The van der Waals surface area contributed by atoms with E-state index >= 15 is 0 Å². The Kier molecular flexibility index (Phi) is 7.92. The van der Waals surface area contributed by atoms with Crippen LogP contribution < -0.4 is 0 Å². The molecule has 1 fully saturated rings. The van der Waals surface area contributed by atoms with E-state index in [1.54, 1.807) is 0 Å². The topological polar surface area (TPSA) is 9.23 Å². The zero-order valence-corrected chi connectivity index (χ0v) is 12.2. The molecule has 1 saturated heterocycles. The number of rotatable bonds is 9. The van der Waals surface area contributed by atoms with Crippen molar-refractivity contribution in [1.82, 2.24) is 0 Å². The summed E-state index contributed by atoms with van der Waals surface area (Å²) in [6, 6.07) is 0. The molecular weight excluding hydrogens is 208 g/mol. The summed E-state index contributed by atoms with van der Waals surface area (Å²) in [4.78, 5) is 0. The molecule has 1 heterocycles. The van der Waals surface area contributed by atoms with E-state index < -0.39 is 0 Å². The fourth-order valence-electron chi connectivity index (χ4n) is 3.13. The lowest BCUT2D eigenvalue weighted by Crippen LogP contribution is -2.20. The molecule has 3 atom stereocenters. The third-order valence-electron chi connectivity index (χ3n) is 4.27. The number of ether oxygens (including phenoxy) is 1. The molecule has 1 nitrogen and oxygen atoms in total. The van der Waals surface area contributed by atoms with Gasteiger partial charge in [0.2, 0.25) is 0 Å². The fourth-order valence-corrected chi connectivity index (χ4v) is 3.13. The molecule has 0 aliphatic carbocycles. The van der Waals surface area contributed by atoms with E-state index in [1.807, 2.05) is 0 Å². The van der Waals surface area contributed by atoms with Crippen molar-refractivity contribution in [2.24, 2.45) is 11.8 Å². The minimum atomic E-state index is 0.586. The van der Waals surface area contributed by atoms with Crippen LogP contribution in [0.5, 0.6) is 0 Å². The third-order valence-corrected chi connectivity index (χ3v) is 4.27. The maximum absolute atomic E-state index is 6.07. The second-order valence-electron chi connectivity index (χ2n) is 5.72. The first-order valence-corrected chi connectivity index (χ1v) is 7.95. The first-order chi connectivity index (χ1) is 8.33. The van der Waals surface area contributed by atoms with Crippen LogP contribution in [0.1, 0.15) is 78.6 Å². The van der Waals surface area contributed by atoms with Gasteiger partial charge in [-0.1, -0.05) is 59.3 Å². The molecule has 1 aliphatic heterocycles. The van der Waals surface area contributed by atoms with Gasteiger partial charge in [-0.2, -0.15) is 0 Å². The Labute approximate surface area is 108 Å². The molecule has 0 amide bonds. The first kappa shape index (κ1) is 15.0. The van der Waals surface area contributed by atoms with Crippen molar-refractivity contribution in [3.63, 3.8) is 0 Å². The van der Waals surface area contributed by atoms with Gasteiger partial charge in [-0.3, -0.25) is 0 Å². The van der Waals surface area contributed by atoms with Gasteiger partial charge in [0.15, 0.2) is 0 Å². The first-order valence-electron chi connectivity index (χ1n) is 7.95. The largest absolute Gasteiger partial charge is 0.378 e. The highest BCUT2D eigenvalue weighted by molar-refractivity contribution is 4.83. The summed E-state index contributed by atoms with van der Waals surface area (Å²) in [5.41, 5.74) is 0. The molecular formula is C16H32O. The highest BCUT2D eigenvalue weighted by atomic mass is 16.5. The van der Waals surface area contributed by atoms with Crippen LogP contribution in [-0.4, -0.2) is 12.7 Å². The van der Waals surface area contributed by atoms with E-state index in [0.717, 1.165) is 18.4 Å². The molecule has 3 unspecified atom stereocenters. The van der Waals surface area contributed by atoms with Gasteiger partial charge < -0.3 is 4.74 Å². The Morgan fingerprint density at radius 2 is 1.41 bits per heavy atom. The monoisotopic (exact) mass is 240 g/mol. The molecule has 0 radical (unpaired) electrons. The van der Waals surface area contributed by atoms with Crippen molar-refractivity contribution in [3.05, 3.63) is 0 Å². The lowest BCUT2D eigenvalue weighted by molar-refractivity contribution is 0.0788. The van der Waals surface area contributed by atoms with Gasteiger partial charge in [-0.25, -0.2) is 0 Å². The molecule has 0 aromatic carbocycles. The molecule has 0 aromatic heterocycles. The predicted octanol–water partition coefficient (Wildman–Crippen LogP) is 5.19. The molecule has 0 N–H and O–H groups in total. The van der Waals surface area contributed by atoms with Crippen molar-refractivity contribution in [3.8, 4) is 0 Å². The van der Waals surface area contributed by atoms with E-state index in [1.165, 1.54) is 57.8 Å². The number of hydrogen-bond donors (Lipinski definition) is 0. The Morgan fingerprint density at radius 1 is 0.824 bits per heavy atom. The van der Waals surface area contributed by atoms with Gasteiger partial charge in [0.25, 0.3) is 0 Å². The Morgan fingerprint density at radius 3 is 2.06 bits per heavy atom. The van der Waals surface area contributed by atoms with Gasteiger partial charge in [0.1, 0.15) is 0 Å². The smallest absolute Gasteiger partial charge is 0.0606 e.